The van der Waals surface area contributed by atoms with Crippen molar-refractivity contribution >= 4 is 29.1 Å². The van der Waals surface area contributed by atoms with E-state index in [1.165, 1.54) is 0 Å². The molecule has 0 radical (unpaired) electrons. The summed E-state index contributed by atoms with van der Waals surface area (Å²) in [6.07, 6.45) is 3.57. The molecule has 1 aromatic heterocycles. The van der Waals surface area contributed by atoms with Gasteiger partial charge < -0.3 is 14.5 Å². The van der Waals surface area contributed by atoms with Gasteiger partial charge in [0.15, 0.2) is 0 Å². The van der Waals surface area contributed by atoms with Crippen LogP contribution in [0.15, 0.2) is 48.8 Å². The molecule has 1 atom stereocenters. The number of rotatable bonds is 4. The van der Waals surface area contributed by atoms with E-state index in [1.807, 2.05) is 12.1 Å². The molecule has 2 fully saturated rings. The van der Waals surface area contributed by atoms with Crippen molar-refractivity contribution in [3.8, 4) is 5.75 Å². The van der Waals surface area contributed by atoms with Crippen molar-refractivity contribution in [3.05, 3.63) is 53.8 Å². The lowest BCUT2D eigenvalue weighted by Crippen LogP contribution is -2.57. The Morgan fingerprint density at radius 3 is 2.62 bits per heavy atom. The van der Waals surface area contributed by atoms with Crippen molar-refractivity contribution in [2.24, 2.45) is 5.92 Å². The van der Waals surface area contributed by atoms with Gasteiger partial charge in [0.25, 0.3) is 0 Å². The molecule has 2 aromatic rings. The molecule has 2 aliphatic heterocycles. The quantitative estimate of drug-likeness (QED) is 0.827. The third-order valence-corrected chi connectivity index (χ3v) is 4.96. The van der Waals surface area contributed by atoms with Crippen LogP contribution in [0.4, 0.5) is 5.69 Å². The van der Waals surface area contributed by atoms with Crippen LogP contribution in [0.3, 0.4) is 0 Å². The number of amides is 2. The van der Waals surface area contributed by atoms with Crippen molar-refractivity contribution in [2.75, 3.05) is 24.5 Å². The van der Waals surface area contributed by atoms with Crippen molar-refractivity contribution in [2.45, 2.75) is 12.5 Å². The van der Waals surface area contributed by atoms with Gasteiger partial charge in [0, 0.05) is 29.9 Å². The van der Waals surface area contributed by atoms with Gasteiger partial charge in [-0.05, 0) is 36.4 Å². The summed E-state index contributed by atoms with van der Waals surface area (Å²) in [5.74, 6) is 0.377. The molecule has 26 heavy (non-hydrogen) atoms. The molecule has 0 aliphatic carbocycles. The van der Waals surface area contributed by atoms with E-state index in [0.717, 1.165) is 5.69 Å². The zero-order valence-electron chi connectivity index (χ0n) is 14.0. The van der Waals surface area contributed by atoms with Gasteiger partial charge in [0.2, 0.25) is 11.8 Å². The number of aromatic nitrogens is 1. The fourth-order valence-electron chi connectivity index (χ4n) is 3.30. The van der Waals surface area contributed by atoms with Crippen LogP contribution in [0, 0.1) is 5.92 Å². The van der Waals surface area contributed by atoms with Gasteiger partial charge in [-0.25, -0.2) is 0 Å². The zero-order valence-corrected chi connectivity index (χ0v) is 14.8. The molecule has 3 heterocycles. The fraction of sp³-hybridized carbons (Fsp3) is 0.316. The Kier molecular flexibility index (Phi) is 4.51. The number of ether oxygens (including phenoxy) is 1. The Balaban J connectivity index is 1.32. The van der Waals surface area contributed by atoms with Crippen LogP contribution < -0.4 is 9.64 Å². The van der Waals surface area contributed by atoms with Gasteiger partial charge in [0.1, 0.15) is 11.9 Å². The molecule has 2 amide bonds. The molecule has 0 bridgehead atoms. The highest BCUT2D eigenvalue weighted by Crippen LogP contribution is 2.29. The molecule has 0 saturated carbocycles. The number of likely N-dealkylation sites (tertiary alicyclic amines) is 1. The third kappa shape index (κ3) is 3.37. The number of pyridine rings is 1. The Bertz CT molecular complexity index is 807. The summed E-state index contributed by atoms with van der Waals surface area (Å²) in [6.45, 7) is 1.49. The van der Waals surface area contributed by atoms with E-state index in [9.17, 15) is 9.59 Å². The predicted molar refractivity (Wildman–Crippen MR) is 97.1 cm³/mol. The lowest BCUT2D eigenvalue weighted by atomic mass is 10.0. The van der Waals surface area contributed by atoms with E-state index in [4.69, 9.17) is 16.3 Å². The fourth-order valence-corrected chi connectivity index (χ4v) is 3.43. The van der Waals surface area contributed by atoms with Crippen LogP contribution in [0.25, 0.3) is 0 Å². The predicted octanol–water partition coefficient (Wildman–Crippen LogP) is 2.38. The molecule has 2 aliphatic rings. The second-order valence-electron chi connectivity index (χ2n) is 6.55. The normalized spacial score (nSPS) is 20.2. The molecule has 134 valence electrons. The first kappa shape index (κ1) is 16.8. The topological polar surface area (TPSA) is 62.7 Å². The SMILES string of the molecule is O=C(C1CC(=O)N(c2ccc(Cl)cc2)C1)N1CC(Oc2cccnc2)C1. The summed E-state index contributed by atoms with van der Waals surface area (Å²) in [7, 11) is 0. The van der Waals surface area contributed by atoms with Gasteiger partial charge >= 0.3 is 0 Å². The largest absolute Gasteiger partial charge is 0.485 e. The number of hydrogen-bond donors (Lipinski definition) is 0. The standard InChI is InChI=1S/C19H18ClN3O3/c20-14-3-5-15(6-4-14)23-10-13(8-18(23)24)19(25)22-11-17(12-22)26-16-2-1-7-21-9-16/h1-7,9,13,17H,8,10-12H2. The van der Waals surface area contributed by atoms with Gasteiger partial charge in [-0.2, -0.15) is 0 Å². The lowest BCUT2D eigenvalue weighted by Gasteiger charge is -2.40. The maximum atomic E-state index is 12.7. The smallest absolute Gasteiger partial charge is 0.228 e. The Hall–Kier alpha value is -2.60. The van der Waals surface area contributed by atoms with Crippen molar-refractivity contribution in [1.82, 2.24) is 9.88 Å². The maximum absolute atomic E-state index is 12.7. The summed E-state index contributed by atoms with van der Waals surface area (Å²) < 4.78 is 5.77. The molecule has 6 nitrogen and oxygen atoms in total. The van der Waals surface area contributed by atoms with Crippen LogP contribution in [-0.4, -0.2) is 47.4 Å². The average molecular weight is 372 g/mol. The van der Waals surface area contributed by atoms with Crippen LogP contribution >= 0.6 is 11.6 Å². The lowest BCUT2D eigenvalue weighted by molar-refractivity contribution is -0.144. The van der Waals surface area contributed by atoms with E-state index in [2.05, 4.69) is 4.98 Å². The first-order valence-electron chi connectivity index (χ1n) is 8.51. The van der Waals surface area contributed by atoms with Crippen LogP contribution in [0.1, 0.15) is 6.42 Å². The number of anilines is 1. The van der Waals surface area contributed by atoms with E-state index < -0.39 is 0 Å². The average Bonchev–Trinajstić information content (AvgIpc) is 3.01. The molecule has 0 spiro atoms. The summed E-state index contributed by atoms with van der Waals surface area (Å²) >= 11 is 5.89. The summed E-state index contributed by atoms with van der Waals surface area (Å²) in [4.78, 5) is 32.4. The van der Waals surface area contributed by atoms with E-state index >= 15 is 0 Å². The van der Waals surface area contributed by atoms with Crippen molar-refractivity contribution in [1.29, 1.82) is 0 Å². The first-order chi connectivity index (χ1) is 12.6. The minimum atomic E-state index is -0.308. The van der Waals surface area contributed by atoms with Crippen molar-refractivity contribution in [3.63, 3.8) is 0 Å². The van der Waals surface area contributed by atoms with E-state index in [1.54, 1.807) is 46.5 Å². The Morgan fingerprint density at radius 1 is 1.15 bits per heavy atom. The monoisotopic (exact) mass is 371 g/mol. The molecular weight excluding hydrogens is 354 g/mol. The molecule has 2 saturated heterocycles. The molecule has 0 N–H and O–H groups in total. The Labute approximate surface area is 156 Å². The highest BCUT2D eigenvalue weighted by Gasteiger charge is 2.41. The number of benzene rings is 1. The van der Waals surface area contributed by atoms with E-state index in [-0.39, 0.29) is 30.3 Å². The third-order valence-electron chi connectivity index (χ3n) is 4.71. The number of carbonyl (C=O) groups is 2. The molecule has 4 rings (SSSR count). The molecular formula is C19H18ClN3O3. The highest BCUT2D eigenvalue weighted by atomic mass is 35.5. The van der Waals surface area contributed by atoms with Crippen LogP contribution in [0.5, 0.6) is 5.75 Å². The minimum Gasteiger partial charge on any atom is -0.485 e. The number of nitrogens with zero attached hydrogens (tertiary/aromatic N) is 3. The molecule has 7 heteroatoms. The van der Waals surface area contributed by atoms with Gasteiger partial charge in [-0.1, -0.05) is 11.6 Å². The summed E-state index contributed by atoms with van der Waals surface area (Å²) in [5, 5.41) is 0.619. The zero-order chi connectivity index (χ0) is 18.1. The summed E-state index contributed by atoms with van der Waals surface area (Å²) in [5.41, 5.74) is 0.774. The van der Waals surface area contributed by atoms with Gasteiger partial charge in [-0.15, -0.1) is 0 Å². The second kappa shape index (κ2) is 6.96. The first-order valence-corrected chi connectivity index (χ1v) is 8.89. The number of halogens is 1. The Morgan fingerprint density at radius 2 is 1.92 bits per heavy atom. The maximum Gasteiger partial charge on any atom is 0.228 e. The number of carbonyl (C=O) groups excluding carboxylic acids is 2. The van der Waals surface area contributed by atoms with Gasteiger partial charge in [-0.3, -0.25) is 14.6 Å². The van der Waals surface area contributed by atoms with E-state index in [0.29, 0.717) is 30.4 Å². The molecule has 1 unspecified atom stereocenters. The van der Waals surface area contributed by atoms with Gasteiger partial charge in [0.05, 0.1) is 25.2 Å². The minimum absolute atomic E-state index is 0.0147. The number of hydrogen-bond acceptors (Lipinski definition) is 4. The second-order valence-corrected chi connectivity index (χ2v) is 6.99. The molecule has 1 aromatic carbocycles. The highest BCUT2D eigenvalue weighted by molar-refractivity contribution is 6.30. The van der Waals surface area contributed by atoms with Crippen LogP contribution in [-0.2, 0) is 9.59 Å². The summed E-state index contributed by atoms with van der Waals surface area (Å²) in [6, 6.07) is 10.7. The van der Waals surface area contributed by atoms with Crippen molar-refractivity contribution < 1.29 is 14.3 Å². The van der Waals surface area contributed by atoms with Crippen LogP contribution in [0.2, 0.25) is 5.02 Å².